The van der Waals surface area contributed by atoms with E-state index in [1.807, 2.05) is 0 Å². The zero-order valence-corrected chi connectivity index (χ0v) is 13.4. The van der Waals surface area contributed by atoms with Crippen LogP contribution in [0.1, 0.15) is 39.0 Å². The molecule has 0 aromatic carbocycles. The van der Waals surface area contributed by atoms with Crippen LogP contribution in [0.2, 0.25) is 6.04 Å². The summed E-state index contributed by atoms with van der Waals surface area (Å²) in [6.45, 7) is 6.05. The first-order valence-corrected chi connectivity index (χ1v) is 8.39. The highest BCUT2D eigenvalue weighted by molar-refractivity contribution is 6.44. The van der Waals surface area contributed by atoms with E-state index in [1.165, 1.54) is 25.3 Å². The molecule has 1 atom stereocenters. The van der Waals surface area contributed by atoms with Crippen LogP contribution in [0.15, 0.2) is 12.7 Å². The second-order valence-corrected chi connectivity index (χ2v) is 6.71. The van der Waals surface area contributed by atoms with Crippen molar-refractivity contribution >= 4 is 15.3 Å². The van der Waals surface area contributed by atoms with E-state index in [-0.39, 0.29) is 5.97 Å². The summed E-state index contributed by atoms with van der Waals surface area (Å²) in [5.74, 6) is 0.258. The highest BCUT2D eigenvalue weighted by atomic mass is 28.3. The standard InChI is InChI=1S/C14H27O4Si/c1-5-14(15)18-11-10-13(2)9-7-6-8-12-19(16-3)17-4/h5,13H,1,6-12H2,2-4H3. The first-order chi connectivity index (χ1) is 9.13. The zero-order valence-electron chi connectivity index (χ0n) is 12.4. The van der Waals surface area contributed by atoms with Gasteiger partial charge in [-0.25, -0.2) is 4.79 Å². The van der Waals surface area contributed by atoms with E-state index in [2.05, 4.69) is 13.5 Å². The van der Waals surface area contributed by atoms with E-state index in [0.29, 0.717) is 12.5 Å². The fraction of sp³-hybridized carbons (Fsp3) is 0.786. The average molecular weight is 287 g/mol. The number of carbonyl (C=O) groups is 1. The van der Waals surface area contributed by atoms with Gasteiger partial charge in [-0.3, -0.25) is 0 Å². The molecule has 0 aromatic rings. The van der Waals surface area contributed by atoms with Gasteiger partial charge in [-0.15, -0.1) is 0 Å². The Morgan fingerprint density at radius 3 is 2.47 bits per heavy atom. The van der Waals surface area contributed by atoms with Crippen molar-refractivity contribution in [3.63, 3.8) is 0 Å². The Labute approximate surface area is 119 Å². The van der Waals surface area contributed by atoms with Gasteiger partial charge in [-0.1, -0.05) is 39.2 Å². The summed E-state index contributed by atoms with van der Waals surface area (Å²) >= 11 is 0. The second kappa shape index (κ2) is 12.4. The molecular weight excluding hydrogens is 260 g/mol. The lowest BCUT2D eigenvalue weighted by atomic mass is 10.0. The van der Waals surface area contributed by atoms with Crippen LogP contribution in [-0.2, 0) is 18.4 Å². The number of ether oxygens (including phenoxy) is 1. The van der Waals surface area contributed by atoms with Crippen LogP contribution >= 0.6 is 0 Å². The van der Waals surface area contributed by atoms with Crippen LogP contribution in [-0.4, -0.2) is 36.1 Å². The number of unbranched alkanes of at least 4 members (excludes halogenated alkanes) is 2. The van der Waals surface area contributed by atoms with Crippen molar-refractivity contribution in [2.24, 2.45) is 5.92 Å². The van der Waals surface area contributed by atoms with E-state index >= 15 is 0 Å². The Kier molecular flexibility index (Phi) is 12.0. The molecule has 19 heavy (non-hydrogen) atoms. The van der Waals surface area contributed by atoms with E-state index in [0.717, 1.165) is 18.9 Å². The summed E-state index contributed by atoms with van der Waals surface area (Å²) in [4.78, 5) is 10.9. The van der Waals surface area contributed by atoms with Gasteiger partial charge in [-0.05, 0) is 18.4 Å². The lowest BCUT2D eigenvalue weighted by molar-refractivity contribution is -0.138. The van der Waals surface area contributed by atoms with Crippen LogP contribution < -0.4 is 0 Å². The predicted octanol–water partition coefficient (Wildman–Crippen LogP) is 3.08. The van der Waals surface area contributed by atoms with Crippen molar-refractivity contribution in [2.45, 2.75) is 45.1 Å². The van der Waals surface area contributed by atoms with Gasteiger partial charge in [0.1, 0.15) is 0 Å². The molecule has 111 valence electrons. The first kappa shape index (κ1) is 18.3. The molecular formula is C14H27O4Si. The number of hydrogen-bond acceptors (Lipinski definition) is 4. The third-order valence-electron chi connectivity index (χ3n) is 3.05. The smallest absolute Gasteiger partial charge is 0.384 e. The van der Waals surface area contributed by atoms with Crippen molar-refractivity contribution < 1.29 is 18.4 Å². The van der Waals surface area contributed by atoms with Gasteiger partial charge >= 0.3 is 15.3 Å². The zero-order chi connectivity index (χ0) is 14.5. The molecule has 0 saturated heterocycles. The van der Waals surface area contributed by atoms with Crippen LogP contribution in [0.5, 0.6) is 0 Å². The number of carbonyl (C=O) groups excluding carboxylic acids is 1. The number of hydrogen-bond donors (Lipinski definition) is 0. The Balaban J connectivity index is 3.40. The van der Waals surface area contributed by atoms with Gasteiger partial charge in [0.15, 0.2) is 0 Å². The average Bonchev–Trinajstić information content (AvgIpc) is 2.42. The molecule has 0 saturated carbocycles. The predicted molar refractivity (Wildman–Crippen MR) is 78.0 cm³/mol. The molecule has 5 heteroatoms. The molecule has 0 aliphatic rings. The second-order valence-electron chi connectivity index (χ2n) is 4.65. The molecule has 0 rings (SSSR count). The van der Waals surface area contributed by atoms with Crippen molar-refractivity contribution in [3.8, 4) is 0 Å². The summed E-state index contributed by atoms with van der Waals surface area (Å²) in [5, 5.41) is 0. The summed E-state index contributed by atoms with van der Waals surface area (Å²) in [6, 6.07) is 1.04. The minimum Gasteiger partial charge on any atom is -0.463 e. The molecule has 0 spiro atoms. The maximum Gasteiger partial charge on any atom is 0.384 e. The Hall–Kier alpha value is -0.653. The molecule has 1 unspecified atom stereocenters. The monoisotopic (exact) mass is 287 g/mol. The van der Waals surface area contributed by atoms with Crippen molar-refractivity contribution in [3.05, 3.63) is 12.7 Å². The van der Waals surface area contributed by atoms with Crippen LogP contribution in [0.3, 0.4) is 0 Å². The van der Waals surface area contributed by atoms with E-state index < -0.39 is 9.28 Å². The molecule has 0 amide bonds. The molecule has 0 heterocycles. The Morgan fingerprint density at radius 1 is 1.21 bits per heavy atom. The molecule has 0 bridgehead atoms. The maximum atomic E-state index is 10.9. The van der Waals surface area contributed by atoms with E-state index in [9.17, 15) is 4.79 Å². The molecule has 4 nitrogen and oxygen atoms in total. The van der Waals surface area contributed by atoms with Crippen molar-refractivity contribution in [2.75, 3.05) is 20.8 Å². The van der Waals surface area contributed by atoms with Crippen LogP contribution in [0.25, 0.3) is 0 Å². The Bertz CT molecular complexity index is 242. The van der Waals surface area contributed by atoms with Gasteiger partial charge in [0, 0.05) is 20.3 Å². The van der Waals surface area contributed by atoms with Gasteiger partial charge < -0.3 is 13.6 Å². The third kappa shape index (κ3) is 10.9. The SMILES string of the molecule is C=CC(=O)OCCC(C)CCCCC[Si](OC)OC. The lowest BCUT2D eigenvalue weighted by Gasteiger charge is -2.12. The first-order valence-electron chi connectivity index (χ1n) is 6.87. The maximum absolute atomic E-state index is 10.9. The van der Waals surface area contributed by atoms with E-state index in [1.54, 1.807) is 14.2 Å². The van der Waals surface area contributed by atoms with E-state index in [4.69, 9.17) is 13.6 Å². The number of esters is 1. The molecule has 0 aromatic heterocycles. The molecule has 0 N–H and O–H groups in total. The quantitative estimate of drug-likeness (QED) is 0.239. The Morgan fingerprint density at radius 2 is 1.89 bits per heavy atom. The van der Waals surface area contributed by atoms with Crippen LogP contribution in [0, 0.1) is 5.92 Å². The molecule has 0 fully saturated rings. The highest BCUT2D eigenvalue weighted by Gasteiger charge is 2.11. The van der Waals surface area contributed by atoms with Gasteiger partial charge in [-0.2, -0.15) is 0 Å². The topological polar surface area (TPSA) is 44.8 Å². The van der Waals surface area contributed by atoms with Crippen molar-refractivity contribution in [1.82, 2.24) is 0 Å². The number of rotatable bonds is 12. The fourth-order valence-corrected chi connectivity index (χ4v) is 2.90. The minimum atomic E-state index is -1.02. The molecule has 0 aliphatic carbocycles. The van der Waals surface area contributed by atoms with Crippen LogP contribution in [0.4, 0.5) is 0 Å². The third-order valence-corrected chi connectivity index (χ3v) is 4.73. The summed E-state index contributed by atoms with van der Waals surface area (Å²) in [6.07, 6.45) is 6.87. The molecule has 0 aliphatic heterocycles. The highest BCUT2D eigenvalue weighted by Crippen LogP contribution is 2.14. The van der Waals surface area contributed by atoms with Gasteiger partial charge in [0.05, 0.1) is 6.61 Å². The minimum absolute atomic E-state index is 0.332. The normalized spacial score (nSPS) is 12.4. The van der Waals surface area contributed by atoms with Gasteiger partial charge in [0.2, 0.25) is 0 Å². The summed E-state index contributed by atoms with van der Waals surface area (Å²) in [7, 11) is 2.41. The van der Waals surface area contributed by atoms with Gasteiger partial charge in [0.25, 0.3) is 0 Å². The fourth-order valence-electron chi connectivity index (χ4n) is 1.79. The largest absolute Gasteiger partial charge is 0.463 e. The summed E-state index contributed by atoms with van der Waals surface area (Å²) in [5.41, 5.74) is 0. The summed E-state index contributed by atoms with van der Waals surface area (Å²) < 4.78 is 15.4. The lowest BCUT2D eigenvalue weighted by Crippen LogP contribution is -2.18. The van der Waals surface area contributed by atoms with Crippen molar-refractivity contribution in [1.29, 1.82) is 0 Å². The molecule has 1 radical (unpaired) electrons.